The third-order valence-corrected chi connectivity index (χ3v) is 5.39. The standard InChI is InChI=1S/C26H25N3O3/c1-18-22(26(30)28-17-19-11-13-27-14-12-19)16-24(20-7-5-4-6-8-20)29(18)23-10-9-21(31-2)15-25(23)32-3/h4-16H,17H2,1-3H3,(H,28,30). The lowest BCUT2D eigenvalue weighted by molar-refractivity contribution is 0.0950. The van der Waals surface area contributed by atoms with Gasteiger partial charge in [0.05, 0.1) is 31.2 Å². The van der Waals surface area contributed by atoms with Crippen molar-refractivity contribution in [1.29, 1.82) is 0 Å². The van der Waals surface area contributed by atoms with Crippen LogP contribution in [-0.4, -0.2) is 29.7 Å². The summed E-state index contributed by atoms with van der Waals surface area (Å²) in [4.78, 5) is 17.1. The SMILES string of the molecule is COc1ccc(-n2c(-c3ccccc3)cc(C(=O)NCc3ccncc3)c2C)c(OC)c1. The quantitative estimate of drug-likeness (QED) is 0.460. The van der Waals surface area contributed by atoms with Gasteiger partial charge in [0.25, 0.3) is 5.91 Å². The molecule has 0 unspecified atom stereocenters. The van der Waals surface area contributed by atoms with Crippen LogP contribution in [0.4, 0.5) is 0 Å². The zero-order valence-electron chi connectivity index (χ0n) is 18.3. The zero-order chi connectivity index (χ0) is 22.5. The molecule has 0 atom stereocenters. The molecule has 6 heteroatoms. The molecule has 0 spiro atoms. The number of hydrogen-bond acceptors (Lipinski definition) is 4. The van der Waals surface area contributed by atoms with E-state index in [4.69, 9.17) is 9.47 Å². The van der Waals surface area contributed by atoms with E-state index in [1.807, 2.05) is 73.7 Å². The van der Waals surface area contributed by atoms with Gasteiger partial charge in [-0.2, -0.15) is 0 Å². The van der Waals surface area contributed by atoms with Gasteiger partial charge in [0.15, 0.2) is 0 Å². The first-order chi connectivity index (χ1) is 15.6. The van der Waals surface area contributed by atoms with E-state index in [-0.39, 0.29) is 5.91 Å². The van der Waals surface area contributed by atoms with Crippen LogP contribution in [0.2, 0.25) is 0 Å². The molecule has 4 rings (SSSR count). The van der Waals surface area contributed by atoms with Crippen LogP contribution in [0, 0.1) is 6.92 Å². The van der Waals surface area contributed by atoms with Gasteiger partial charge in [-0.1, -0.05) is 30.3 Å². The van der Waals surface area contributed by atoms with E-state index in [0.29, 0.717) is 23.6 Å². The minimum atomic E-state index is -0.136. The van der Waals surface area contributed by atoms with Crippen LogP contribution in [0.5, 0.6) is 11.5 Å². The molecule has 2 aromatic heterocycles. The molecule has 0 bridgehead atoms. The minimum absolute atomic E-state index is 0.136. The van der Waals surface area contributed by atoms with Crippen molar-refractivity contribution < 1.29 is 14.3 Å². The molecule has 32 heavy (non-hydrogen) atoms. The molecule has 6 nitrogen and oxygen atoms in total. The van der Waals surface area contributed by atoms with Gasteiger partial charge in [-0.3, -0.25) is 9.78 Å². The highest BCUT2D eigenvalue weighted by molar-refractivity contribution is 5.97. The van der Waals surface area contributed by atoms with Gasteiger partial charge >= 0.3 is 0 Å². The van der Waals surface area contributed by atoms with Crippen molar-refractivity contribution in [2.75, 3.05) is 14.2 Å². The number of carbonyl (C=O) groups is 1. The maximum Gasteiger partial charge on any atom is 0.253 e. The molecule has 2 aromatic carbocycles. The first-order valence-electron chi connectivity index (χ1n) is 10.3. The average Bonchev–Trinajstić information content (AvgIpc) is 3.20. The van der Waals surface area contributed by atoms with Crippen molar-refractivity contribution in [3.05, 3.63) is 95.9 Å². The number of nitrogens with one attached hydrogen (secondary N) is 1. The van der Waals surface area contributed by atoms with Gasteiger partial charge in [0.2, 0.25) is 0 Å². The molecule has 0 fully saturated rings. The lowest BCUT2D eigenvalue weighted by Gasteiger charge is -2.16. The fraction of sp³-hybridized carbons (Fsp3) is 0.154. The Hall–Kier alpha value is -4.06. The first kappa shape index (κ1) is 21.2. The van der Waals surface area contributed by atoms with E-state index in [9.17, 15) is 4.79 Å². The lowest BCUT2D eigenvalue weighted by atomic mass is 10.1. The topological polar surface area (TPSA) is 65.4 Å². The molecule has 0 saturated carbocycles. The molecule has 1 N–H and O–H groups in total. The van der Waals surface area contributed by atoms with Crippen LogP contribution in [0.15, 0.2) is 79.1 Å². The summed E-state index contributed by atoms with van der Waals surface area (Å²) in [6.07, 6.45) is 3.43. The fourth-order valence-electron chi connectivity index (χ4n) is 3.72. The Morgan fingerprint density at radius 3 is 2.41 bits per heavy atom. The van der Waals surface area contributed by atoms with Crippen molar-refractivity contribution >= 4 is 5.91 Å². The summed E-state index contributed by atoms with van der Waals surface area (Å²) in [6.45, 7) is 2.37. The maximum absolute atomic E-state index is 13.1. The van der Waals surface area contributed by atoms with Crippen molar-refractivity contribution in [1.82, 2.24) is 14.9 Å². The Kier molecular flexibility index (Phi) is 6.22. The normalized spacial score (nSPS) is 10.6. The second-order valence-corrected chi connectivity index (χ2v) is 7.31. The van der Waals surface area contributed by atoms with E-state index in [0.717, 1.165) is 28.2 Å². The van der Waals surface area contributed by atoms with Crippen molar-refractivity contribution in [3.8, 4) is 28.4 Å². The average molecular weight is 428 g/mol. The number of methoxy groups -OCH3 is 2. The van der Waals surface area contributed by atoms with E-state index in [1.54, 1.807) is 26.6 Å². The largest absolute Gasteiger partial charge is 0.497 e. The molecule has 0 aliphatic rings. The number of rotatable bonds is 7. The van der Waals surface area contributed by atoms with Crippen LogP contribution in [-0.2, 0) is 6.54 Å². The number of nitrogens with zero attached hydrogens (tertiary/aromatic N) is 2. The molecular formula is C26H25N3O3. The summed E-state index contributed by atoms with van der Waals surface area (Å²) in [7, 11) is 3.25. The third-order valence-electron chi connectivity index (χ3n) is 5.39. The second kappa shape index (κ2) is 9.39. The van der Waals surface area contributed by atoms with Crippen LogP contribution in [0.1, 0.15) is 21.6 Å². The summed E-state index contributed by atoms with van der Waals surface area (Å²) in [5.74, 6) is 1.22. The summed E-state index contributed by atoms with van der Waals surface area (Å²) in [5.41, 5.74) is 5.15. The number of ether oxygens (including phenoxy) is 2. The van der Waals surface area contributed by atoms with Gasteiger partial charge in [-0.15, -0.1) is 0 Å². The van der Waals surface area contributed by atoms with Crippen LogP contribution < -0.4 is 14.8 Å². The molecule has 1 amide bonds. The molecular weight excluding hydrogens is 402 g/mol. The number of carbonyl (C=O) groups excluding carboxylic acids is 1. The highest BCUT2D eigenvalue weighted by Gasteiger charge is 2.21. The number of benzene rings is 2. The zero-order valence-corrected chi connectivity index (χ0v) is 18.3. The Balaban J connectivity index is 1.79. The first-order valence-corrected chi connectivity index (χ1v) is 10.3. The molecule has 2 heterocycles. The monoisotopic (exact) mass is 427 g/mol. The van der Waals surface area contributed by atoms with E-state index >= 15 is 0 Å². The molecule has 0 radical (unpaired) electrons. The molecule has 0 aliphatic heterocycles. The van der Waals surface area contributed by atoms with Crippen molar-refractivity contribution in [3.63, 3.8) is 0 Å². The Morgan fingerprint density at radius 2 is 1.72 bits per heavy atom. The van der Waals surface area contributed by atoms with Gasteiger partial charge in [0, 0.05) is 30.7 Å². The second-order valence-electron chi connectivity index (χ2n) is 7.31. The van der Waals surface area contributed by atoms with Crippen LogP contribution in [0.25, 0.3) is 16.9 Å². The summed E-state index contributed by atoms with van der Waals surface area (Å²) < 4.78 is 13.1. The van der Waals surface area contributed by atoms with Crippen LogP contribution in [0.3, 0.4) is 0 Å². The number of aromatic nitrogens is 2. The third kappa shape index (κ3) is 4.21. The number of pyridine rings is 1. The van der Waals surface area contributed by atoms with Gasteiger partial charge in [-0.25, -0.2) is 0 Å². The maximum atomic E-state index is 13.1. The summed E-state index contributed by atoms with van der Waals surface area (Å²) >= 11 is 0. The molecule has 0 aliphatic carbocycles. The van der Waals surface area contributed by atoms with E-state index in [1.165, 1.54) is 0 Å². The van der Waals surface area contributed by atoms with Gasteiger partial charge in [0.1, 0.15) is 11.5 Å². The highest BCUT2D eigenvalue weighted by atomic mass is 16.5. The van der Waals surface area contributed by atoms with Gasteiger partial charge in [-0.05, 0) is 48.4 Å². The number of hydrogen-bond donors (Lipinski definition) is 1. The fourth-order valence-corrected chi connectivity index (χ4v) is 3.72. The van der Waals surface area contributed by atoms with E-state index in [2.05, 4.69) is 14.9 Å². The Labute approximate surface area is 187 Å². The van der Waals surface area contributed by atoms with Gasteiger partial charge < -0.3 is 19.4 Å². The number of amides is 1. The lowest BCUT2D eigenvalue weighted by Crippen LogP contribution is -2.23. The summed E-state index contributed by atoms with van der Waals surface area (Å²) in [6, 6.07) is 21.4. The molecule has 0 saturated heterocycles. The Morgan fingerprint density at radius 1 is 0.969 bits per heavy atom. The van der Waals surface area contributed by atoms with Crippen molar-refractivity contribution in [2.45, 2.75) is 13.5 Å². The minimum Gasteiger partial charge on any atom is -0.497 e. The predicted molar refractivity (Wildman–Crippen MR) is 124 cm³/mol. The van der Waals surface area contributed by atoms with E-state index < -0.39 is 0 Å². The summed E-state index contributed by atoms with van der Waals surface area (Å²) in [5, 5.41) is 3.02. The molecule has 162 valence electrons. The predicted octanol–water partition coefficient (Wildman–Crippen LogP) is 4.79. The smallest absolute Gasteiger partial charge is 0.253 e. The van der Waals surface area contributed by atoms with Crippen molar-refractivity contribution in [2.24, 2.45) is 0 Å². The van der Waals surface area contributed by atoms with Crippen LogP contribution >= 0.6 is 0 Å². The Bertz CT molecular complexity index is 1220. The molecule has 4 aromatic rings. The highest BCUT2D eigenvalue weighted by Crippen LogP contribution is 2.35.